The Morgan fingerprint density at radius 2 is 0.656 bits per heavy atom. The summed E-state index contributed by atoms with van der Waals surface area (Å²) in [5.74, 6) is -73.5. The van der Waals surface area contributed by atoms with Crippen LogP contribution in [0.25, 0.3) is 0 Å². The molecule has 0 saturated carbocycles. The Kier molecular flexibility index (Phi) is 7.24. The number of rotatable bonds is 9. The lowest BCUT2D eigenvalue weighted by Crippen LogP contribution is -2.75. The molecule has 0 unspecified atom stereocenters. The molecular weight excluding hydrogens is 531 g/mol. The van der Waals surface area contributed by atoms with Gasteiger partial charge < -0.3 is 0 Å². The summed E-state index contributed by atoms with van der Waals surface area (Å²) in [6, 6.07) is 0. The summed E-state index contributed by atoms with van der Waals surface area (Å²) < 4.78 is 267. The predicted octanol–water partition coefficient (Wildman–Crippen LogP) is 7.41. The molecule has 0 spiro atoms. The lowest BCUT2D eigenvalue weighted by molar-refractivity contribution is -0.456. The third-order valence-corrected chi connectivity index (χ3v) is 3.50. The van der Waals surface area contributed by atoms with Crippen molar-refractivity contribution in [2.24, 2.45) is 0 Å². The van der Waals surface area contributed by atoms with Crippen LogP contribution in [0.3, 0.4) is 0 Å². The number of allylic oxidation sites excluding steroid dienone is 1. The molecule has 0 fully saturated rings. The molecule has 0 saturated heterocycles. The molecule has 21 heteroatoms. The van der Waals surface area contributed by atoms with E-state index in [1.54, 1.807) is 0 Å². The Morgan fingerprint density at radius 1 is 0.406 bits per heavy atom. The highest BCUT2D eigenvalue weighted by atomic mass is 19.4. The van der Waals surface area contributed by atoms with E-state index < -0.39 is 65.7 Å². The number of hydrogen-bond acceptors (Lipinski definition) is 0. The van der Waals surface area contributed by atoms with Crippen molar-refractivity contribution in [2.75, 3.05) is 0 Å². The molecule has 0 aliphatic carbocycles. The molecule has 0 heterocycles. The average Bonchev–Trinajstić information content (AvgIpc) is 2.59. The van der Waals surface area contributed by atoms with Gasteiger partial charge in [-0.25, -0.2) is 8.78 Å². The molecular formula is C11HF21. The standard InChI is InChI=1S/C11HF21/c12-1(2(13)14)4(17,18)6(21,22)8(25,26)10(29,30)11(31,32)9(27,28)7(23,24)5(19,20)3(15)16/h3H. The van der Waals surface area contributed by atoms with E-state index in [2.05, 4.69) is 0 Å². The van der Waals surface area contributed by atoms with Crippen LogP contribution in [0.2, 0.25) is 0 Å². The molecule has 0 amide bonds. The second-order valence-corrected chi connectivity index (χ2v) is 5.52. The zero-order valence-corrected chi connectivity index (χ0v) is 13.5. The molecule has 0 aromatic heterocycles. The molecule has 0 nitrogen and oxygen atoms in total. The molecule has 32 heavy (non-hydrogen) atoms. The lowest BCUT2D eigenvalue weighted by Gasteiger charge is -2.43. The van der Waals surface area contributed by atoms with E-state index >= 15 is 0 Å². The molecule has 0 aromatic rings. The maximum Gasteiger partial charge on any atom is 0.385 e. The topological polar surface area (TPSA) is 0 Å². The molecule has 0 atom stereocenters. The van der Waals surface area contributed by atoms with Crippen LogP contribution in [0.4, 0.5) is 92.2 Å². The normalized spacial score (nSPS) is 15.9. The first-order chi connectivity index (χ1) is 13.5. The molecule has 192 valence electrons. The van der Waals surface area contributed by atoms with Gasteiger partial charge in [0.2, 0.25) is 5.83 Å². The number of hydrogen-bond donors (Lipinski definition) is 0. The second kappa shape index (κ2) is 7.66. The van der Waals surface area contributed by atoms with Gasteiger partial charge in [-0.05, 0) is 0 Å². The van der Waals surface area contributed by atoms with E-state index in [-0.39, 0.29) is 0 Å². The first-order valence-electron chi connectivity index (χ1n) is 6.57. The van der Waals surface area contributed by atoms with Gasteiger partial charge in [-0.15, -0.1) is 0 Å². The first kappa shape index (κ1) is 30.3. The monoisotopic (exact) mass is 532 g/mol. The zero-order chi connectivity index (χ0) is 26.7. The van der Waals surface area contributed by atoms with Gasteiger partial charge in [0.25, 0.3) is 0 Å². The molecule has 0 aliphatic rings. The van der Waals surface area contributed by atoms with E-state index in [9.17, 15) is 92.2 Å². The van der Waals surface area contributed by atoms with Crippen LogP contribution in [0.5, 0.6) is 0 Å². The lowest BCUT2D eigenvalue weighted by atomic mass is 9.87. The summed E-state index contributed by atoms with van der Waals surface area (Å²) in [7, 11) is 0. The Bertz CT molecular complexity index is 722. The van der Waals surface area contributed by atoms with E-state index in [1.807, 2.05) is 0 Å². The summed E-state index contributed by atoms with van der Waals surface area (Å²) in [4.78, 5) is 0. The van der Waals surface area contributed by atoms with Crippen LogP contribution in [-0.2, 0) is 0 Å². The minimum atomic E-state index is -9.04. The number of halogens is 21. The predicted molar refractivity (Wildman–Crippen MR) is 55.9 cm³/mol. The Labute approximate surface area is 159 Å². The fourth-order valence-corrected chi connectivity index (χ4v) is 1.59. The van der Waals surface area contributed by atoms with Gasteiger partial charge in [-0.1, -0.05) is 0 Å². The van der Waals surface area contributed by atoms with E-state index in [1.165, 1.54) is 0 Å². The molecule has 0 aromatic carbocycles. The van der Waals surface area contributed by atoms with Gasteiger partial charge in [0, 0.05) is 0 Å². The third kappa shape index (κ3) is 3.52. The first-order valence-corrected chi connectivity index (χ1v) is 6.57. The van der Waals surface area contributed by atoms with Crippen molar-refractivity contribution >= 4 is 0 Å². The smallest absolute Gasteiger partial charge is 0.203 e. The average molecular weight is 532 g/mol. The fourth-order valence-electron chi connectivity index (χ4n) is 1.59. The van der Waals surface area contributed by atoms with Crippen LogP contribution in [0.1, 0.15) is 0 Å². The van der Waals surface area contributed by atoms with Gasteiger partial charge in [0.15, 0.2) is 0 Å². The molecule has 0 radical (unpaired) electrons. The highest BCUT2D eigenvalue weighted by Crippen LogP contribution is 2.65. The van der Waals surface area contributed by atoms with E-state index in [0.29, 0.717) is 0 Å². The van der Waals surface area contributed by atoms with Crippen LogP contribution in [0, 0.1) is 0 Å². The maximum atomic E-state index is 13.2. The Morgan fingerprint density at radius 3 is 0.906 bits per heavy atom. The van der Waals surface area contributed by atoms with Crippen LogP contribution >= 0.6 is 0 Å². The van der Waals surface area contributed by atoms with Gasteiger partial charge >= 0.3 is 59.9 Å². The summed E-state index contributed by atoms with van der Waals surface area (Å²) in [5, 5.41) is 0. The third-order valence-electron chi connectivity index (χ3n) is 3.50. The van der Waals surface area contributed by atoms with Crippen LogP contribution in [-0.4, -0.2) is 53.8 Å². The maximum absolute atomic E-state index is 13.2. The second-order valence-electron chi connectivity index (χ2n) is 5.52. The summed E-state index contributed by atoms with van der Waals surface area (Å²) in [6.07, 6.45) is -10.8. The van der Waals surface area contributed by atoms with Crippen LogP contribution < -0.4 is 0 Å². The molecule has 0 N–H and O–H groups in total. The Balaban J connectivity index is 6.98. The van der Waals surface area contributed by atoms with Crippen molar-refractivity contribution in [2.45, 2.75) is 53.8 Å². The highest BCUT2D eigenvalue weighted by Gasteiger charge is 2.95. The zero-order valence-electron chi connectivity index (χ0n) is 13.5. The number of alkyl halides is 18. The van der Waals surface area contributed by atoms with Crippen molar-refractivity contribution in [3.8, 4) is 0 Å². The van der Waals surface area contributed by atoms with Crippen molar-refractivity contribution in [3.05, 3.63) is 11.9 Å². The quantitative estimate of drug-likeness (QED) is 0.272. The van der Waals surface area contributed by atoms with Crippen molar-refractivity contribution in [3.63, 3.8) is 0 Å². The van der Waals surface area contributed by atoms with E-state index in [4.69, 9.17) is 0 Å². The molecule has 0 aliphatic heterocycles. The van der Waals surface area contributed by atoms with Crippen molar-refractivity contribution < 1.29 is 92.2 Å². The summed E-state index contributed by atoms with van der Waals surface area (Å²) in [5.41, 5.74) is 0. The largest absolute Gasteiger partial charge is 0.385 e. The summed E-state index contributed by atoms with van der Waals surface area (Å²) >= 11 is 0. The van der Waals surface area contributed by atoms with Gasteiger partial charge in [-0.3, -0.25) is 0 Å². The molecule has 0 bridgehead atoms. The van der Waals surface area contributed by atoms with Crippen LogP contribution in [0.15, 0.2) is 11.9 Å². The van der Waals surface area contributed by atoms with E-state index in [0.717, 1.165) is 0 Å². The SMILES string of the molecule is FC(F)=C(F)C(F)(F)C(F)(F)C(F)(F)C(F)(F)C(F)(F)C(F)(F)C(F)(F)C(F)(F)C(F)F. The molecule has 0 rings (SSSR count). The van der Waals surface area contributed by atoms with Gasteiger partial charge in [0.05, 0.1) is 0 Å². The van der Waals surface area contributed by atoms with Crippen molar-refractivity contribution in [1.82, 2.24) is 0 Å². The minimum Gasteiger partial charge on any atom is -0.203 e. The summed E-state index contributed by atoms with van der Waals surface area (Å²) in [6.45, 7) is 0. The minimum absolute atomic E-state index is 4.66. The fraction of sp³-hybridized carbons (Fsp3) is 0.818. The Hall–Kier alpha value is -1.73. The van der Waals surface area contributed by atoms with Crippen molar-refractivity contribution in [1.29, 1.82) is 0 Å². The van der Waals surface area contributed by atoms with Gasteiger partial charge in [0.1, 0.15) is 0 Å². The van der Waals surface area contributed by atoms with Gasteiger partial charge in [-0.2, -0.15) is 83.4 Å². The highest BCUT2D eigenvalue weighted by molar-refractivity contribution is 5.21.